The van der Waals surface area contributed by atoms with Crippen molar-refractivity contribution in [3.05, 3.63) is 16.1 Å². The zero-order valence-electron chi connectivity index (χ0n) is 5.67. The van der Waals surface area contributed by atoms with E-state index in [1.807, 2.05) is 12.3 Å². The normalized spacial score (nSPS) is 13.5. The molecule has 4 heteroatoms. The Morgan fingerprint density at radius 2 is 2.60 bits per heavy atom. The van der Waals surface area contributed by atoms with Gasteiger partial charge in [0.05, 0.1) is 0 Å². The zero-order valence-corrected chi connectivity index (χ0v) is 6.49. The molecule has 0 aromatic carbocycles. The van der Waals surface area contributed by atoms with Gasteiger partial charge in [-0.2, -0.15) is 0 Å². The molecule has 0 aliphatic carbocycles. The number of nitrogens with zero attached hydrogens (tertiary/aromatic N) is 1. The number of aryl methyl sites for hydroxylation is 1. The minimum Gasteiger partial charge on any atom is -0.327 e. The van der Waals surface area contributed by atoms with Gasteiger partial charge in [-0.05, 0) is 6.92 Å². The third-order valence-corrected chi connectivity index (χ3v) is 2.16. The summed E-state index contributed by atoms with van der Waals surface area (Å²) in [4.78, 5) is 3.94. The molecule has 0 aliphatic rings. The molecule has 2 N–H and O–H groups in total. The number of hydrogen-bond donors (Lipinski definition) is 1. The highest BCUT2D eigenvalue weighted by Crippen LogP contribution is 2.19. The van der Waals surface area contributed by atoms with Crippen LogP contribution in [0, 0.1) is 6.92 Å². The predicted octanol–water partition coefficient (Wildman–Crippen LogP) is 1.42. The summed E-state index contributed by atoms with van der Waals surface area (Å²) in [5, 5.41) is 2.30. The smallest absolute Gasteiger partial charge is 0.164 e. The van der Waals surface area contributed by atoms with E-state index in [0.29, 0.717) is 5.01 Å². The second-order valence-corrected chi connectivity index (χ2v) is 2.92. The Bertz CT molecular complexity index is 211. The van der Waals surface area contributed by atoms with Crippen LogP contribution in [-0.2, 0) is 0 Å². The molecular formula is C6H9FN2S. The van der Waals surface area contributed by atoms with Gasteiger partial charge in [0.1, 0.15) is 5.01 Å². The summed E-state index contributed by atoms with van der Waals surface area (Å²) in [6.45, 7) is 1.86. The largest absolute Gasteiger partial charge is 0.327 e. The second-order valence-electron chi connectivity index (χ2n) is 2.03. The lowest BCUT2D eigenvalue weighted by molar-refractivity contribution is 0.351. The van der Waals surface area contributed by atoms with E-state index in [1.54, 1.807) is 0 Å². The van der Waals surface area contributed by atoms with E-state index in [0.717, 1.165) is 5.69 Å². The Morgan fingerprint density at radius 3 is 3.00 bits per heavy atom. The number of thiazole rings is 1. The predicted molar refractivity (Wildman–Crippen MR) is 39.8 cm³/mol. The van der Waals surface area contributed by atoms with Gasteiger partial charge >= 0.3 is 0 Å². The molecule has 0 bridgehead atoms. The molecule has 1 atom stereocenters. The minimum absolute atomic E-state index is 0.0208. The van der Waals surface area contributed by atoms with Crippen molar-refractivity contribution in [2.24, 2.45) is 5.73 Å². The van der Waals surface area contributed by atoms with Crippen LogP contribution in [0.25, 0.3) is 0 Å². The van der Waals surface area contributed by atoms with Crippen LogP contribution < -0.4 is 5.73 Å². The van der Waals surface area contributed by atoms with Crippen molar-refractivity contribution in [1.29, 1.82) is 0 Å². The Kier molecular flexibility index (Phi) is 2.34. The van der Waals surface area contributed by atoms with Crippen molar-refractivity contribution in [3.8, 4) is 0 Å². The summed E-state index contributed by atoms with van der Waals surface area (Å²) in [5.41, 5.74) is 5.96. The van der Waals surface area contributed by atoms with Crippen molar-refractivity contribution >= 4 is 11.3 Å². The third kappa shape index (κ3) is 1.52. The molecule has 0 saturated heterocycles. The summed E-state index contributed by atoms with van der Waals surface area (Å²) in [6, 6.07) is 0. The third-order valence-electron chi connectivity index (χ3n) is 1.11. The molecule has 56 valence electrons. The van der Waals surface area contributed by atoms with Crippen molar-refractivity contribution in [2.45, 2.75) is 13.1 Å². The van der Waals surface area contributed by atoms with E-state index >= 15 is 0 Å². The van der Waals surface area contributed by atoms with Crippen LogP contribution in [0.5, 0.6) is 0 Å². The maximum absolute atomic E-state index is 12.7. The van der Waals surface area contributed by atoms with Crippen LogP contribution in [0.3, 0.4) is 0 Å². The molecule has 0 fully saturated rings. The van der Waals surface area contributed by atoms with Crippen LogP contribution in [0.15, 0.2) is 5.38 Å². The number of rotatable bonds is 2. The fourth-order valence-corrected chi connectivity index (χ4v) is 1.40. The van der Waals surface area contributed by atoms with Crippen LogP contribution in [-0.4, -0.2) is 11.5 Å². The van der Waals surface area contributed by atoms with Gasteiger partial charge in [-0.25, -0.2) is 9.37 Å². The van der Waals surface area contributed by atoms with Gasteiger partial charge < -0.3 is 5.73 Å². The number of hydrogen-bond acceptors (Lipinski definition) is 3. The molecule has 1 unspecified atom stereocenters. The van der Waals surface area contributed by atoms with Gasteiger partial charge in [0.2, 0.25) is 0 Å². The highest BCUT2D eigenvalue weighted by molar-refractivity contribution is 7.09. The fourth-order valence-electron chi connectivity index (χ4n) is 0.617. The molecule has 0 aliphatic heterocycles. The number of nitrogens with two attached hydrogens (primary N) is 1. The summed E-state index contributed by atoms with van der Waals surface area (Å²) in [7, 11) is 0. The Balaban J connectivity index is 2.74. The first-order valence-corrected chi connectivity index (χ1v) is 3.88. The number of aromatic nitrogens is 1. The van der Waals surface area contributed by atoms with Gasteiger partial charge in [0.15, 0.2) is 6.17 Å². The Hall–Kier alpha value is -0.480. The molecule has 1 aromatic heterocycles. The van der Waals surface area contributed by atoms with E-state index in [1.165, 1.54) is 11.3 Å². The molecular weight excluding hydrogens is 151 g/mol. The summed E-state index contributed by atoms with van der Waals surface area (Å²) in [6.07, 6.45) is -1.08. The standard InChI is InChI=1S/C6H9FN2S/c1-4-3-10-6(9-4)5(7)2-8/h3,5H,2,8H2,1H3. The van der Waals surface area contributed by atoms with Gasteiger partial charge in [0.25, 0.3) is 0 Å². The topological polar surface area (TPSA) is 38.9 Å². The van der Waals surface area contributed by atoms with Gasteiger partial charge in [-0.3, -0.25) is 0 Å². The lowest BCUT2D eigenvalue weighted by Gasteiger charge is -1.97. The zero-order chi connectivity index (χ0) is 7.56. The van der Waals surface area contributed by atoms with E-state index in [2.05, 4.69) is 4.98 Å². The molecule has 0 radical (unpaired) electrons. The quantitative estimate of drug-likeness (QED) is 0.710. The van der Waals surface area contributed by atoms with Crippen LogP contribution in [0.4, 0.5) is 4.39 Å². The highest BCUT2D eigenvalue weighted by Gasteiger charge is 2.09. The highest BCUT2D eigenvalue weighted by atomic mass is 32.1. The fraction of sp³-hybridized carbons (Fsp3) is 0.500. The lowest BCUT2D eigenvalue weighted by Crippen LogP contribution is -2.07. The molecule has 0 amide bonds. The van der Waals surface area contributed by atoms with E-state index in [-0.39, 0.29) is 6.54 Å². The van der Waals surface area contributed by atoms with Gasteiger partial charge in [-0.15, -0.1) is 11.3 Å². The maximum Gasteiger partial charge on any atom is 0.164 e. The van der Waals surface area contributed by atoms with Gasteiger partial charge in [0, 0.05) is 17.6 Å². The number of halogens is 1. The van der Waals surface area contributed by atoms with Crippen LogP contribution in [0.1, 0.15) is 16.9 Å². The first-order chi connectivity index (χ1) is 4.74. The monoisotopic (exact) mass is 160 g/mol. The summed E-state index contributed by atoms with van der Waals surface area (Å²) < 4.78 is 12.7. The Morgan fingerprint density at radius 1 is 1.90 bits per heavy atom. The van der Waals surface area contributed by atoms with Crippen LogP contribution >= 0.6 is 11.3 Å². The molecule has 0 saturated carbocycles. The van der Waals surface area contributed by atoms with E-state index < -0.39 is 6.17 Å². The average Bonchev–Trinajstić information content (AvgIpc) is 2.34. The average molecular weight is 160 g/mol. The van der Waals surface area contributed by atoms with Crippen molar-refractivity contribution in [2.75, 3.05) is 6.54 Å². The van der Waals surface area contributed by atoms with E-state index in [4.69, 9.17) is 5.73 Å². The maximum atomic E-state index is 12.7. The Labute approximate surface area is 62.9 Å². The first kappa shape index (κ1) is 7.63. The molecule has 1 rings (SSSR count). The van der Waals surface area contributed by atoms with E-state index in [9.17, 15) is 4.39 Å². The summed E-state index contributed by atoms with van der Waals surface area (Å²) in [5.74, 6) is 0. The first-order valence-electron chi connectivity index (χ1n) is 3.00. The van der Waals surface area contributed by atoms with Crippen molar-refractivity contribution in [1.82, 2.24) is 4.98 Å². The molecule has 2 nitrogen and oxygen atoms in total. The lowest BCUT2D eigenvalue weighted by atomic mass is 10.4. The molecule has 0 spiro atoms. The molecule has 1 heterocycles. The molecule has 1 aromatic rings. The second kappa shape index (κ2) is 3.07. The van der Waals surface area contributed by atoms with Crippen molar-refractivity contribution < 1.29 is 4.39 Å². The van der Waals surface area contributed by atoms with Crippen LogP contribution in [0.2, 0.25) is 0 Å². The van der Waals surface area contributed by atoms with Gasteiger partial charge in [-0.1, -0.05) is 0 Å². The minimum atomic E-state index is -1.08. The summed E-state index contributed by atoms with van der Waals surface area (Å²) >= 11 is 1.32. The van der Waals surface area contributed by atoms with Crippen molar-refractivity contribution in [3.63, 3.8) is 0 Å². The SMILES string of the molecule is Cc1csc(C(F)CN)n1. The molecule has 10 heavy (non-hydrogen) atoms. The number of alkyl halides is 1.